The van der Waals surface area contributed by atoms with Crippen molar-refractivity contribution in [3.8, 4) is 5.69 Å². The minimum absolute atomic E-state index is 0.309. The summed E-state index contributed by atoms with van der Waals surface area (Å²) in [5.41, 5.74) is 8.59. The van der Waals surface area contributed by atoms with Crippen molar-refractivity contribution in [1.82, 2.24) is 9.55 Å². The summed E-state index contributed by atoms with van der Waals surface area (Å²) in [5, 5.41) is 5.47. The third kappa shape index (κ3) is 4.33. The number of carbonyl (C=O) groups excluding carboxylic acids is 1. The van der Waals surface area contributed by atoms with E-state index in [0.717, 1.165) is 33.5 Å². The van der Waals surface area contributed by atoms with E-state index in [1.54, 1.807) is 25.3 Å². The molecule has 0 saturated heterocycles. The topological polar surface area (TPSA) is 68.5 Å². The second kappa shape index (κ2) is 8.83. The number of hydrogen-bond acceptors (Lipinski definition) is 5. The van der Waals surface area contributed by atoms with Gasteiger partial charge in [0.15, 0.2) is 0 Å². The fourth-order valence-electron chi connectivity index (χ4n) is 3.57. The summed E-state index contributed by atoms with van der Waals surface area (Å²) in [7, 11) is 0. The molecule has 0 amide bonds. The monoisotopic (exact) mass is 412 g/mol. The molecule has 0 bridgehead atoms. The Bertz CT molecular complexity index is 1260. The lowest BCUT2D eigenvalue weighted by molar-refractivity contribution is 0.0526. The molecule has 0 fully saturated rings. The molecule has 2 aromatic carbocycles. The van der Waals surface area contributed by atoms with Crippen LogP contribution in [0.1, 0.15) is 34.2 Å². The number of fused-ring (bicyclic) bond motifs is 1. The number of rotatable bonds is 6. The summed E-state index contributed by atoms with van der Waals surface area (Å²) < 4.78 is 7.18. The first kappa shape index (κ1) is 20.3. The SMILES string of the molecule is CCOC(=O)c1ccc(-n2c(C)cc(/C=N\Nc3ccc4ccccc4n3)c2C)cc1. The van der Waals surface area contributed by atoms with E-state index in [1.165, 1.54) is 0 Å². The predicted molar refractivity (Wildman–Crippen MR) is 124 cm³/mol. The summed E-state index contributed by atoms with van der Waals surface area (Å²) in [5.74, 6) is 0.384. The van der Waals surface area contributed by atoms with E-state index in [9.17, 15) is 4.79 Å². The number of nitrogens with zero attached hydrogens (tertiary/aromatic N) is 3. The lowest BCUT2D eigenvalue weighted by Crippen LogP contribution is -2.05. The van der Waals surface area contributed by atoms with Crippen LogP contribution in [0.25, 0.3) is 16.6 Å². The van der Waals surface area contributed by atoms with Gasteiger partial charge in [0.25, 0.3) is 0 Å². The molecule has 2 aromatic heterocycles. The molecule has 0 aliphatic rings. The van der Waals surface area contributed by atoms with Gasteiger partial charge in [-0.25, -0.2) is 9.78 Å². The van der Waals surface area contributed by atoms with Crippen LogP contribution in [0.15, 0.2) is 71.8 Å². The summed E-state index contributed by atoms with van der Waals surface area (Å²) in [6.07, 6.45) is 1.79. The molecule has 1 N–H and O–H groups in total. The Balaban J connectivity index is 1.52. The first-order valence-electron chi connectivity index (χ1n) is 10.2. The first-order chi connectivity index (χ1) is 15.1. The van der Waals surface area contributed by atoms with Crippen LogP contribution in [0, 0.1) is 13.8 Å². The number of ether oxygens (including phenoxy) is 1. The van der Waals surface area contributed by atoms with Gasteiger partial charge in [-0.2, -0.15) is 5.10 Å². The zero-order valence-electron chi connectivity index (χ0n) is 17.8. The van der Waals surface area contributed by atoms with Crippen molar-refractivity contribution in [2.24, 2.45) is 5.10 Å². The van der Waals surface area contributed by atoms with Crippen molar-refractivity contribution in [3.05, 3.63) is 89.2 Å². The van der Waals surface area contributed by atoms with Crippen LogP contribution in [-0.2, 0) is 4.74 Å². The molecule has 0 spiro atoms. The third-order valence-electron chi connectivity index (χ3n) is 5.09. The van der Waals surface area contributed by atoms with Gasteiger partial charge in [0, 0.05) is 28.0 Å². The minimum atomic E-state index is -0.309. The standard InChI is InChI=1S/C25H24N4O2/c1-4-31-25(30)20-9-12-22(13-10-20)29-17(2)15-21(18(29)3)16-26-28-24-14-11-19-7-5-6-8-23(19)27-24/h5-16H,4H2,1-3H3,(H,27,28)/b26-16-. The predicted octanol–water partition coefficient (Wildman–Crippen LogP) is 5.27. The number of nitrogens with one attached hydrogen (secondary N) is 1. The Hall–Kier alpha value is -3.93. The van der Waals surface area contributed by atoms with Crippen LogP contribution < -0.4 is 5.43 Å². The Morgan fingerprint density at radius 2 is 1.87 bits per heavy atom. The molecule has 4 aromatic rings. The van der Waals surface area contributed by atoms with E-state index >= 15 is 0 Å². The molecule has 6 nitrogen and oxygen atoms in total. The number of hydrogen-bond donors (Lipinski definition) is 1. The number of aryl methyl sites for hydroxylation is 1. The van der Waals surface area contributed by atoms with Gasteiger partial charge in [-0.1, -0.05) is 18.2 Å². The lowest BCUT2D eigenvalue weighted by atomic mass is 10.2. The van der Waals surface area contributed by atoms with Gasteiger partial charge in [0.05, 0.1) is 23.9 Å². The van der Waals surface area contributed by atoms with Crippen molar-refractivity contribution in [3.63, 3.8) is 0 Å². The zero-order valence-corrected chi connectivity index (χ0v) is 17.8. The maximum absolute atomic E-state index is 11.9. The number of esters is 1. The van der Waals surface area contributed by atoms with Gasteiger partial charge in [0.2, 0.25) is 0 Å². The number of pyridine rings is 1. The molecule has 0 atom stereocenters. The molecule has 2 heterocycles. The van der Waals surface area contributed by atoms with Crippen LogP contribution >= 0.6 is 0 Å². The highest BCUT2D eigenvalue weighted by molar-refractivity contribution is 5.89. The fraction of sp³-hybridized carbons (Fsp3) is 0.160. The Kier molecular flexibility index (Phi) is 5.80. The molecular formula is C25H24N4O2. The number of aromatic nitrogens is 2. The van der Waals surface area contributed by atoms with E-state index in [4.69, 9.17) is 4.74 Å². The van der Waals surface area contributed by atoms with Crippen LogP contribution in [0.4, 0.5) is 5.82 Å². The van der Waals surface area contributed by atoms with E-state index < -0.39 is 0 Å². The van der Waals surface area contributed by atoms with Gasteiger partial charge >= 0.3 is 5.97 Å². The normalized spacial score (nSPS) is 11.2. The highest BCUT2D eigenvalue weighted by Crippen LogP contribution is 2.21. The summed E-state index contributed by atoms with van der Waals surface area (Å²) in [4.78, 5) is 16.4. The summed E-state index contributed by atoms with van der Waals surface area (Å²) in [6, 6.07) is 21.4. The van der Waals surface area contributed by atoms with Crippen molar-refractivity contribution < 1.29 is 9.53 Å². The van der Waals surface area contributed by atoms with Crippen molar-refractivity contribution >= 4 is 28.9 Å². The van der Waals surface area contributed by atoms with Crippen LogP contribution in [-0.4, -0.2) is 28.3 Å². The highest BCUT2D eigenvalue weighted by atomic mass is 16.5. The van der Waals surface area contributed by atoms with E-state index in [2.05, 4.69) is 26.1 Å². The lowest BCUT2D eigenvalue weighted by Gasteiger charge is -2.10. The molecule has 0 saturated carbocycles. The number of benzene rings is 2. The maximum atomic E-state index is 11.9. The average Bonchev–Trinajstić information content (AvgIpc) is 3.07. The second-order valence-electron chi connectivity index (χ2n) is 7.19. The number of anilines is 1. The van der Waals surface area contributed by atoms with Gasteiger partial charge in [-0.15, -0.1) is 0 Å². The molecule has 0 radical (unpaired) electrons. The second-order valence-corrected chi connectivity index (χ2v) is 7.19. The molecule has 0 unspecified atom stereocenters. The molecule has 4 rings (SSSR count). The number of carbonyl (C=O) groups is 1. The fourth-order valence-corrected chi connectivity index (χ4v) is 3.57. The molecule has 31 heavy (non-hydrogen) atoms. The number of para-hydroxylation sites is 1. The largest absolute Gasteiger partial charge is 0.462 e. The van der Waals surface area contributed by atoms with Gasteiger partial charge in [0.1, 0.15) is 5.82 Å². The Labute approximate surface area is 181 Å². The van der Waals surface area contributed by atoms with Crippen LogP contribution in [0.5, 0.6) is 0 Å². The van der Waals surface area contributed by atoms with Crippen molar-refractivity contribution in [2.45, 2.75) is 20.8 Å². The summed E-state index contributed by atoms with van der Waals surface area (Å²) >= 11 is 0. The first-order valence-corrected chi connectivity index (χ1v) is 10.2. The molecule has 6 heteroatoms. The highest BCUT2D eigenvalue weighted by Gasteiger charge is 2.11. The van der Waals surface area contributed by atoms with Crippen LogP contribution in [0.2, 0.25) is 0 Å². The van der Waals surface area contributed by atoms with Gasteiger partial charge in [-0.05, 0) is 69.3 Å². The molecule has 0 aliphatic heterocycles. The van der Waals surface area contributed by atoms with E-state index in [1.807, 2.05) is 62.4 Å². The van der Waals surface area contributed by atoms with Crippen molar-refractivity contribution in [2.75, 3.05) is 12.0 Å². The van der Waals surface area contributed by atoms with E-state index in [0.29, 0.717) is 18.0 Å². The molecule has 0 aliphatic carbocycles. The average molecular weight is 412 g/mol. The van der Waals surface area contributed by atoms with Gasteiger partial charge < -0.3 is 9.30 Å². The van der Waals surface area contributed by atoms with E-state index in [-0.39, 0.29) is 5.97 Å². The smallest absolute Gasteiger partial charge is 0.338 e. The zero-order chi connectivity index (χ0) is 21.8. The quantitative estimate of drug-likeness (QED) is 0.266. The third-order valence-corrected chi connectivity index (χ3v) is 5.09. The molecular weight excluding hydrogens is 388 g/mol. The van der Waals surface area contributed by atoms with Crippen LogP contribution in [0.3, 0.4) is 0 Å². The van der Waals surface area contributed by atoms with Gasteiger partial charge in [-0.3, -0.25) is 5.43 Å². The Morgan fingerprint density at radius 1 is 1.10 bits per heavy atom. The summed E-state index contributed by atoms with van der Waals surface area (Å²) in [6.45, 7) is 6.25. The number of hydrazone groups is 1. The Morgan fingerprint density at radius 3 is 2.65 bits per heavy atom. The molecule has 156 valence electrons. The van der Waals surface area contributed by atoms with Crippen molar-refractivity contribution in [1.29, 1.82) is 0 Å². The minimum Gasteiger partial charge on any atom is -0.462 e. The maximum Gasteiger partial charge on any atom is 0.338 e.